The van der Waals surface area contributed by atoms with Gasteiger partial charge in [0.25, 0.3) is 0 Å². The predicted molar refractivity (Wildman–Crippen MR) is 94.1 cm³/mol. The highest BCUT2D eigenvalue weighted by molar-refractivity contribution is 6.19. The number of aromatic amines is 1. The third kappa shape index (κ3) is 2.21. The second-order valence-electron chi connectivity index (χ2n) is 6.17. The van der Waals surface area contributed by atoms with Crippen LogP contribution in [0.4, 0.5) is 5.69 Å². The summed E-state index contributed by atoms with van der Waals surface area (Å²) >= 11 is 0. The standard InChI is InChI=1S/C19H17N3O3/c1-3-25-18(24)19(2)12-9-14-15(10-13(12)22-17(19)23)21-16(20-14)11-7-5-4-6-8-11/h4-10H,3H2,1-2H3,(H,20,21)(H,22,23). The van der Waals surface area contributed by atoms with Crippen LogP contribution in [-0.2, 0) is 19.7 Å². The van der Waals surface area contributed by atoms with Crippen molar-refractivity contribution in [2.45, 2.75) is 19.3 Å². The van der Waals surface area contributed by atoms with Gasteiger partial charge in [0.05, 0.1) is 17.6 Å². The fourth-order valence-corrected chi connectivity index (χ4v) is 3.15. The molecule has 4 rings (SSSR count). The van der Waals surface area contributed by atoms with E-state index in [1.807, 2.05) is 30.3 Å². The number of ether oxygens (including phenoxy) is 1. The van der Waals surface area contributed by atoms with Gasteiger partial charge in [0.1, 0.15) is 5.82 Å². The predicted octanol–water partition coefficient (Wildman–Crippen LogP) is 3.00. The van der Waals surface area contributed by atoms with E-state index in [0.717, 1.165) is 22.4 Å². The second-order valence-corrected chi connectivity index (χ2v) is 6.17. The molecule has 2 heterocycles. The van der Waals surface area contributed by atoms with Crippen LogP contribution in [0.25, 0.3) is 22.4 Å². The van der Waals surface area contributed by atoms with Crippen LogP contribution in [0, 0.1) is 0 Å². The molecule has 6 nitrogen and oxygen atoms in total. The lowest BCUT2D eigenvalue weighted by molar-refractivity contribution is -0.152. The van der Waals surface area contributed by atoms with Crippen LogP contribution in [0.2, 0.25) is 0 Å². The molecule has 0 radical (unpaired) electrons. The molecule has 1 amide bonds. The number of esters is 1. The molecule has 0 spiro atoms. The zero-order chi connectivity index (χ0) is 17.6. The molecule has 3 aromatic rings. The summed E-state index contributed by atoms with van der Waals surface area (Å²) in [6.45, 7) is 3.53. The molecule has 0 saturated heterocycles. The van der Waals surface area contributed by atoms with Crippen LogP contribution in [0.5, 0.6) is 0 Å². The van der Waals surface area contributed by atoms with Gasteiger partial charge in [-0.05, 0) is 26.0 Å². The van der Waals surface area contributed by atoms with Crippen molar-refractivity contribution in [2.24, 2.45) is 0 Å². The van der Waals surface area contributed by atoms with Crippen LogP contribution in [0.3, 0.4) is 0 Å². The molecule has 2 N–H and O–H groups in total. The maximum atomic E-state index is 12.4. The van der Waals surface area contributed by atoms with Gasteiger partial charge in [-0.2, -0.15) is 0 Å². The van der Waals surface area contributed by atoms with Crippen LogP contribution in [0.1, 0.15) is 19.4 Å². The molecule has 6 heteroatoms. The van der Waals surface area contributed by atoms with Crippen molar-refractivity contribution in [3.63, 3.8) is 0 Å². The zero-order valence-electron chi connectivity index (χ0n) is 13.9. The maximum Gasteiger partial charge on any atom is 0.326 e. The smallest absolute Gasteiger partial charge is 0.326 e. The molecule has 2 aromatic carbocycles. The third-order valence-corrected chi connectivity index (χ3v) is 4.59. The average molecular weight is 335 g/mol. The van der Waals surface area contributed by atoms with E-state index >= 15 is 0 Å². The van der Waals surface area contributed by atoms with Crippen LogP contribution in [0.15, 0.2) is 42.5 Å². The summed E-state index contributed by atoms with van der Waals surface area (Å²) in [4.78, 5) is 32.7. The number of anilines is 1. The number of H-pyrrole nitrogens is 1. The summed E-state index contributed by atoms with van der Waals surface area (Å²) in [5, 5.41) is 2.77. The monoisotopic (exact) mass is 335 g/mol. The van der Waals surface area contributed by atoms with Gasteiger partial charge in [0, 0.05) is 16.8 Å². The SMILES string of the molecule is CCOC(=O)C1(C)C(=O)Nc2cc3nc(-c4ccccc4)[nH]c3cc21. The molecule has 0 aliphatic carbocycles. The van der Waals surface area contributed by atoms with Gasteiger partial charge in [-0.15, -0.1) is 0 Å². The highest BCUT2D eigenvalue weighted by Crippen LogP contribution is 2.41. The van der Waals surface area contributed by atoms with Crippen molar-refractivity contribution in [1.82, 2.24) is 9.97 Å². The minimum absolute atomic E-state index is 0.224. The average Bonchev–Trinajstić information content (AvgIpc) is 3.14. The molecule has 1 aliphatic rings. The Morgan fingerprint density at radius 3 is 2.72 bits per heavy atom. The molecule has 1 atom stereocenters. The van der Waals surface area contributed by atoms with E-state index in [1.54, 1.807) is 26.0 Å². The van der Waals surface area contributed by atoms with Gasteiger partial charge in [-0.1, -0.05) is 30.3 Å². The lowest BCUT2D eigenvalue weighted by Gasteiger charge is -2.19. The number of benzene rings is 2. The Balaban J connectivity index is 1.85. The number of rotatable bonds is 3. The Morgan fingerprint density at radius 1 is 1.24 bits per heavy atom. The lowest BCUT2D eigenvalue weighted by atomic mass is 9.83. The Bertz CT molecular complexity index is 994. The zero-order valence-corrected chi connectivity index (χ0v) is 13.9. The normalized spacial score (nSPS) is 18.9. The highest BCUT2D eigenvalue weighted by Gasteiger charge is 2.50. The summed E-state index contributed by atoms with van der Waals surface area (Å²) in [7, 11) is 0. The minimum Gasteiger partial charge on any atom is -0.465 e. The first-order chi connectivity index (χ1) is 12.0. The van der Waals surface area contributed by atoms with Gasteiger partial charge in [-0.25, -0.2) is 4.98 Å². The van der Waals surface area contributed by atoms with Crippen LogP contribution in [-0.4, -0.2) is 28.5 Å². The molecule has 25 heavy (non-hydrogen) atoms. The molecular formula is C19H17N3O3. The largest absolute Gasteiger partial charge is 0.465 e. The number of aromatic nitrogens is 2. The van der Waals surface area contributed by atoms with Crippen molar-refractivity contribution < 1.29 is 14.3 Å². The molecule has 0 saturated carbocycles. The van der Waals surface area contributed by atoms with E-state index in [0.29, 0.717) is 11.3 Å². The molecule has 0 fully saturated rings. The van der Waals surface area contributed by atoms with E-state index in [9.17, 15) is 9.59 Å². The van der Waals surface area contributed by atoms with Crippen molar-refractivity contribution >= 4 is 28.6 Å². The first kappa shape index (κ1) is 15.4. The third-order valence-electron chi connectivity index (χ3n) is 4.59. The Hall–Kier alpha value is -3.15. The van der Waals surface area contributed by atoms with Crippen molar-refractivity contribution in [1.29, 1.82) is 0 Å². The summed E-state index contributed by atoms with van der Waals surface area (Å²) in [5.41, 5.74) is 2.31. The second kappa shape index (κ2) is 5.44. The van der Waals surface area contributed by atoms with Crippen LogP contribution >= 0.6 is 0 Å². The molecular weight excluding hydrogens is 318 g/mol. The van der Waals surface area contributed by atoms with E-state index in [1.165, 1.54) is 0 Å². The first-order valence-electron chi connectivity index (χ1n) is 8.12. The number of nitrogens with one attached hydrogen (secondary N) is 2. The van der Waals surface area contributed by atoms with Gasteiger partial charge in [0.15, 0.2) is 5.41 Å². The van der Waals surface area contributed by atoms with E-state index in [-0.39, 0.29) is 12.5 Å². The number of hydrogen-bond acceptors (Lipinski definition) is 4. The number of carbonyl (C=O) groups excluding carboxylic acids is 2. The first-order valence-corrected chi connectivity index (χ1v) is 8.12. The van der Waals surface area contributed by atoms with Crippen molar-refractivity contribution in [3.8, 4) is 11.4 Å². The van der Waals surface area contributed by atoms with Gasteiger partial charge in [0.2, 0.25) is 5.91 Å². The highest BCUT2D eigenvalue weighted by atomic mass is 16.5. The summed E-state index contributed by atoms with van der Waals surface area (Å²) in [5.74, 6) is -0.186. The fraction of sp³-hybridized carbons (Fsp3) is 0.211. The fourth-order valence-electron chi connectivity index (χ4n) is 3.15. The van der Waals surface area contributed by atoms with E-state index in [2.05, 4.69) is 15.3 Å². The quantitative estimate of drug-likeness (QED) is 0.569. The maximum absolute atomic E-state index is 12.4. The molecule has 1 aliphatic heterocycles. The number of imidazole rings is 1. The lowest BCUT2D eigenvalue weighted by Crippen LogP contribution is -2.40. The van der Waals surface area contributed by atoms with Gasteiger partial charge in [-0.3, -0.25) is 9.59 Å². The van der Waals surface area contributed by atoms with Crippen molar-refractivity contribution in [2.75, 3.05) is 11.9 Å². The number of fused-ring (bicyclic) bond motifs is 2. The van der Waals surface area contributed by atoms with Crippen LogP contribution < -0.4 is 5.32 Å². The summed E-state index contributed by atoms with van der Waals surface area (Å²) in [6, 6.07) is 13.4. The molecule has 1 aromatic heterocycles. The van der Waals surface area contributed by atoms with Gasteiger partial charge >= 0.3 is 5.97 Å². The van der Waals surface area contributed by atoms with E-state index < -0.39 is 11.4 Å². The number of carbonyl (C=O) groups is 2. The number of amides is 1. The summed E-state index contributed by atoms with van der Waals surface area (Å²) < 4.78 is 5.12. The van der Waals surface area contributed by atoms with Gasteiger partial charge < -0.3 is 15.0 Å². The number of hydrogen-bond donors (Lipinski definition) is 2. The Kier molecular flexibility index (Phi) is 3.35. The molecule has 0 bridgehead atoms. The Labute approximate surface area is 144 Å². The molecule has 126 valence electrons. The van der Waals surface area contributed by atoms with Crippen molar-refractivity contribution in [3.05, 3.63) is 48.0 Å². The minimum atomic E-state index is -1.35. The topological polar surface area (TPSA) is 84.1 Å². The summed E-state index contributed by atoms with van der Waals surface area (Å²) in [6.07, 6.45) is 0. The Morgan fingerprint density at radius 2 is 2.00 bits per heavy atom. The molecule has 1 unspecified atom stereocenters. The van der Waals surface area contributed by atoms with E-state index in [4.69, 9.17) is 4.74 Å². The number of nitrogens with zero attached hydrogens (tertiary/aromatic N) is 1.